The Morgan fingerprint density at radius 1 is 0.697 bits per heavy atom. The minimum Gasteiger partial charge on any atom is -0.508 e. The van der Waals surface area contributed by atoms with E-state index in [-0.39, 0.29) is 30.3 Å². The Balaban J connectivity index is 1.55. The predicted octanol–water partition coefficient (Wildman–Crippen LogP) is 4.91. The van der Waals surface area contributed by atoms with Gasteiger partial charge in [-0.2, -0.15) is 0 Å². The number of aromatic hydroxyl groups is 1. The first-order valence-electron chi connectivity index (χ1n) is 9.93. The van der Waals surface area contributed by atoms with Crippen LogP contribution in [0.25, 0.3) is 0 Å². The quantitative estimate of drug-likeness (QED) is 0.416. The van der Waals surface area contributed by atoms with Crippen LogP contribution in [-0.2, 0) is 22.7 Å². The Morgan fingerprint density at radius 3 is 1.61 bits per heavy atom. The molecule has 0 aliphatic heterocycles. The number of rotatable bonds is 8. The summed E-state index contributed by atoms with van der Waals surface area (Å²) in [6, 6.07) is 18.2. The zero-order valence-electron chi connectivity index (χ0n) is 18.2. The fraction of sp³-hybridized carbons (Fsp3) is 0.167. The van der Waals surface area contributed by atoms with Crippen LogP contribution in [0.4, 0.5) is 21.0 Å². The first-order valence-corrected chi connectivity index (χ1v) is 9.93. The lowest BCUT2D eigenvalue weighted by molar-refractivity contribution is 0.153. The van der Waals surface area contributed by atoms with E-state index in [0.29, 0.717) is 11.5 Å². The number of methoxy groups -OCH3 is 2. The second-order valence-corrected chi connectivity index (χ2v) is 6.83. The Morgan fingerprint density at radius 2 is 1.15 bits per heavy atom. The average molecular weight is 452 g/mol. The summed E-state index contributed by atoms with van der Waals surface area (Å²) in [6.45, 7) is 0.0713. The SMILES string of the molecule is COc1ccc(COC(=O)Nc2ccc(O)cc2NC(=O)OCc2ccc(OC)cc2)cc1. The van der Waals surface area contributed by atoms with Crippen molar-refractivity contribution in [3.63, 3.8) is 0 Å². The van der Waals surface area contributed by atoms with Crippen LogP contribution >= 0.6 is 0 Å². The molecule has 0 spiro atoms. The minimum absolute atomic E-state index is 0.0291. The molecule has 0 aromatic heterocycles. The van der Waals surface area contributed by atoms with Gasteiger partial charge in [-0.05, 0) is 47.5 Å². The largest absolute Gasteiger partial charge is 0.508 e. The fourth-order valence-electron chi connectivity index (χ4n) is 2.78. The maximum absolute atomic E-state index is 12.2. The molecule has 0 saturated carbocycles. The molecule has 172 valence electrons. The highest BCUT2D eigenvalue weighted by Gasteiger charge is 2.13. The van der Waals surface area contributed by atoms with Crippen molar-refractivity contribution < 1.29 is 33.6 Å². The molecule has 0 aliphatic carbocycles. The molecule has 2 amide bonds. The van der Waals surface area contributed by atoms with Crippen LogP contribution in [0, 0.1) is 0 Å². The zero-order valence-corrected chi connectivity index (χ0v) is 18.2. The monoisotopic (exact) mass is 452 g/mol. The van der Waals surface area contributed by atoms with Crippen LogP contribution < -0.4 is 20.1 Å². The van der Waals surface area contributed by atoms with Crippen molar-refractivity contribution in [2.24, 2.45) is 0 Å². The molecule has 33 heavy (non-hydrogen) atoms. The normalized spacial score (nSPS) is 10.1. The molecule has 0 heterocycles. The van der Waals surface area contributed by atoms with E-state index in [9.17, 15) is 14.7 Å². The minimum atomic E-state index is -0.758. The van der Waals surface area contributed by atoms with Crippen molar-refractivity contribution in [1.29, 1.82) is 0 Å². The Bertz CT molecular complexity index is 1080. The second kappa shape index (κ2) is 11.3. The topological polar surface area (TPSA) is 115 Å². The van der Waals surface area contributed by atoms with Gasteiger partial charge in [-0.25, -0.2) is 9.59 Å². The maximum atomic E-state index is 12.2. The number of carbonyl (C=O) groups excluding carboxylic acids is 2. The summed E-state index contributed by atoms with van der Waals surface area (Å²) in [6.07, 6.45) is -1.49. The molecular weight excluding hydrogens is 428 g/mol. The summed E-state index contributed by atoms with van der Waals surface area (Å²) in [7, 11) is 3.13. The summed E-state index contributed by atoms with van der Waals surface area (Å²) in [5.74, 6) is 1.29. The van der Waals surface area contributed by atoms with Gasteiger partial charge in [-0.1, -0.05) is 24.3 Å². The van der Waals surface area contributed by atoms with E-state index in [1.807, 2.05) is 0 Å². The van der Waals surface area contributed by atoms with E-state index in [0.717, 1.165) is 11.1 Å². The molecule has 9 heteroatoms. The van der Waals surface area contributed by atoms with Gasteiger partial charge in [0.15, 0.2) is 0 Å². The van der Waals surface area contributed by atoms with Gasteiger partial charge in [-0.3, -0.25) is 10.6 Å². The molecule has 0 fully saturated rings. The lowest BCUT2D eigenvalue weighted by Gasteiger charge is -2.13. The highest BCUT2D eigenvalue weighted by molar-refractivity contribution is 5.95. The molecule has 0 aliphatic rings. The molecule has 0 saturated heterocycles. The van der Waals surface area contributed by atoms with E-state index >= 15 is 0 Å². The van der Waals surface area contributed by atoms with Gasteiger partial charge in [0.25, 0.3) is 0 Å². The maximum Gasteiger partial charge on any atom is 0.412 e. The van der Waals surface area contributed by atoms with Crippen LogP contribution in [0.5, 0.6) is 17.2 Å². The number of amides is 2. The molecule has 0 radical (unpaired) electrons. The fourth-order valence-corrected chi connectivity index (χ4v) is 2.78. The summed E-state index contributed by atoms with van der Waals surface area (Å²) in [4.78, 5) is 24.4. The lowest BCUT2D eigenvalue weighted by atomic mass is 10.2. The number of phenols is 1. The van der Waals surface area contributed by atoms with E-state index in [2.05, 4.69) is 10.6 Å². The Hall–Kier alpha value is -4.40. The van der Waals surface area contributed by atoms with Crippen molar-refractivity contribution in [2.75, 3.05) is 24.9 Å². The van der Waals surface area contributed by atoms with Gasteiger partial charge in [0.2, 0.25) is 0 Å². The zero-order chi connectivity index (χ0) is 23.6. The smallest absolute Gasteiger partial charge is 0.412 e. The molecule has 0 unspecified atom stereocenters. The van der Waals surface area contributed by atoms with Gasteiger partial charge >= 0.3 is 12.2 Å². The number of ether oxygens (including phenoxy) is 4. The number of nitrogens with one attached hydrogen (secondary N) is 2. The lowest BCUT2D eigenvalue weighted by Crippen LogP contribution is -2.18. The standard InChI is InChI=1S/C24H24N2O7/c1-30-19-8-3-16(4-9-19)14-32-23(28)25-21-12-7-18(27)13-22(21)26-24(29)33-15-17-5-10-20(31-2)11-6-17/h3-13,27H,14-15H2,1-2H3,(H,25,28)(H,26,29). The van der Waals surface area contributed by atoms with E-state index in [1.54, 1.807) is 62.8 Å². The number of carbonyl (C=O) groups is 2. The van der Waals surface area contributed by atoms with Crippen LogP contribution in [0.2, 0.25) is 0 Å². The third kappa shape index (κ3) is 7.06. The van der Waals surface area contributed by atoms with E-state index in [1.165, 1.54) is 18.2 Å². The highest BCUT2D eigenvalue weighted by atomic mass is 16.6. The van der Waals surface area contributed by atoms with Crippen LogP contribution in [-0.4, -0.2) is 31.5 Å². The van der Waals surface area contributed by atoms with Crippen molar-refractivity contribution in [1.82, 2.24) is 0 Å². The van der Waals surface area contributed by atoms with Gasteiger partial charge in [-0.15, -0.1) is 0 Å². The second-order valence-electron chi connectivity index (χ2n) is 6.83. The van der Waals surface area contributed by atoms with Crippen molar-refractivity contribution >= 4 is 23.6 Å². The van der Waals surface area contributed by atoms with Gasteiger partial charge < -0.3 is 24.1 Å². The average Bonchev–Trinajstić information content (AvgIpc) is 2.83. The predicted molar refractivity (Wildman–Crippen MR) is 122 cm³/mol. The summed E-state index contributed by atoms with van der Waals surface area (Å²) < 4.78 is 20.6. The first kappa shape index (κ1) is 23.3. The van der Waals surface area contributed by atoms with Gasteiger partial charge in [0, 0.05) is 6.07 Å². The third-order valence-corrected chi connectivity index (χ3v) is 4.53. The van der Waals surface area contributed by atoms with Crippen molar-refractivity contribution in [3.05, 3.63) is 77.9 Å². The van der Waals surface area contributed by atoms with Crippen LogP contribution in [0.15, 0.2) is 66.7 Å². The van der Waals surface area contributed by atoms with Crippen molar-refractivity contribution in [2.45, 2.75) is 13.2 Å². The summed E-state index contributed by atoms with van der Waals surface area (Å²) in [5, 5.41) is 14.8. The number of anilines is 2. The van der Waals surface area contributed by atoms with Gasteiger partial charge in [0.05, 0.1) is 25.6 Å². The van der Waals surface area contributed by atoms with Crippen LogP contribution in [0.1, 0.15) is 11.1 Å². The summed E-state index contributed by atoms with van der Waals surface area (Å²) >= 11 is 0. The first-order chi connectivity index (χ1) is 16.0. The molecule has 3 aromatic carbocycles. The number of phenolic OH excluding ortho intramolecular Hbond substituents is 1. The number of hydrogen-bond donors (Lipinski definition) is 3. The molecule has 3 aromatic rings. The number of hydrogen-bond acceptors (Lipinski definition) is 7. The summed E-state index contributed by atoms with van der Waals surface area (Å²) in [5.41, 5.74) is 1.92. The third-order valence-electron chi connectivity index (χ3n) is 4.53. The highest BCUT2D eigenvalue weighted by Crippen LogP contribution is 2.27. The Kier molecular flexibility index (Phi) is 7.96. The van der Waals surface area contributed by atoms with Crippen LogP contribution in [0.3, 0.4) is 0 Å². The van der Waals surface area contributed by atoms with Crippen molar-refractivity contribution in [3.8, 4) is 17.2 Å². The molecule has 0 atom stereocenters. The molecular formula is C24H24N2O7. The molecule has 9 nitrogen and oxygen atoms in total. The Labute approximate surface area is 190 Å². The van der Waals surface area contributed by atoms with E-state index in [4.69, 9.17) is 18.9 Å². The van der Waals surface area contributed by atoms with E-state index < -0.39 is 12.2 Å². The van der Waals surface area contributed by atoms with Gasteiger partial charge in [0.1, 0.15) is 30.5 Å². The number of benzene rings is 3. The molecule has 3 N–H and O–H groups in total. The molecule has 3 rings (SSSR count). The molecule has 0 bridgehead atoms.